The minimum absolute atomic E-state index is 0.0588. The van der Waals surface area contributed by atoms with E-state index in [1.807, 2.05) is 24.4 Å². The summed E-state index contributed by atoms with van der Waals surface area (Å²) in [5.74, 6) is -0.531. The van der Waals surface area contributed by atoms with Crippen LogP contribution in [0.3, 0.4) is 0 Å². The summed E-state index contributed by atoms with van der Waals surface area (Å²) in [4.78, 5) is 30.3. The molecule has 1 N–H and O–H groups in total. The maximum Gasteiger partial charge on any atom is 0.325 e. The van der Waals surface area contributed by atoms with Crippen LogP contribution in [0.5, 0.6) is 0 Å². The van der Waals surface area contributed by atoms with E-state index in [1.165, 1.54) is 0 Å². The number of nitrogens with one attached hydrogen (secondary N) is 1. The van der Waals surface area contributed by atoms with Gasteiger partial charge in [0, 0.05) is 40.8 Å². The normalized spacial score (nSPS) is 15.1. The van der Waals surface area contributed by atoms with Crippen molar-refractivity contribution in [2.24, 2.45) is 5.92 Å². The number of aromatic nitrogens is 1. The summed E-state index contributed by atoms with van der Waals surface area (Å²) >= 11 is 3.48. The van der Waals surface area contributed by atoms with E-state index in [-0.39, 0.29) is 18.4 Å². The minimum Gasteiger partial charge on any atom is -0.465 e. The van der Waals surface area contributed by atoms with Gasteiger partial charge in [-0.05, 0) is 44.0 Å². The van der Waals surface area contributed by atoms with Gasteiger partial charge in [-0.1, -0.05) is 15.9 Å². The van der Waals surface area contributed by atoms with Crippen molar-refractivity contribution in [1.82, 2.24) is 10.3 Å². The highest BCUT2D eigenvalue weighted by atomic mass is 79.9. The predicted octanol–water partition coefficient (Wildman–Crippen LogP) is 2.89. The van der Waals surface area contributed by atoms with Gasteiger partial charge in [-0.25, -0.2) is 0 Å². The molecule has 0 aliphatic carbocycles. The van der Waals surface area contributed by atoms with E-state index in [4.69, 9.17) is 4.74 Å². The minimum atomic E-state index is -0.396. The third-order valence-corrected chi connectivity index (χ3v) is 5.09. The van der Waals surface area contributed by atoms with Crippen LogP contribution in [0.4, 0.5) is 5.69 Å². The van der Waals surface area contributed by atoms with Crippen LogP contribution in [-0.2, 0) is 14.3 Å². The van der Waals surface area contributed by atoms with Gasteiger partial charge >= 0.3 is 5.97 Å². The molecule has 2 aromatic rings. The summed E-state index contributed by atoms with van der Waals surface area (Å²) in [6, 6.07) is 8.12. The predicted molar refractivity (Wildman–Crippen MR) is 104 cm³/mol. The van der Waals surface area contributed by atoms with E-state index in [9.17, 15) is 9.59 Å². The van der Waals surface area contributed by atoms with Crippen molar-refractivity contribution in [1.29, 1.82) is 0 Å². The van der Waals surface area contributed by atoms with Gasteiger partial charge in [0.25, 0.3) is 0 Å². The molecule has 138 valence electrons. The van der Waals surface area contributed by atoms with Gasteiger partial charge in [0.15, 0.2) is 0 Å². The molecule has 1 amide bonds. The molecule has 26 heavy (non-hydrogen) atoms. The van der Waals surface area contributed by atoms with E-state index in [1.54, 1.807) is 6.92 Å². The van der Waals surface area contributed by atoms with Crippen LogP contribution in [0.25, 0.3) is 10.9 Å². The van der Waals surface area contributed by atoms with Crippen LogP contribution in [0.1, 0.15) is 19.8 Å². The molecule has 6 nitrogen and oxygen atoms in total. The van der Waals surface area contributed by atoms with Crippen LogP contribution in [0.2, 0.25) is 0 Å². The number of halogens is 1. The molecule has 7 heteroatoms. The molecule has 0 atom stereocenters. The Balaban J connectivity index is 1.60. The smallest absolute Gasteiger partial charge is 0.325 e. The number of piperidine rings is 1. The summed E-state index contributed by atoms with van der Waals surface area (Å²) < 4.78 is 5.84. The number of hydrogen-bond acceptors (Lipinski definition) is 5. The van der Waals surface area contributed by atoms with E-state index in [0.717, 1.165) is 47.0 Å². The highest BCUT2D eigenvalue weighted by Gasteiger charge is 2.26. The molecular weight excluding hydrogens is 398 g/mol. The molecule has 0 saturated carbocycles. The van der Waals surface area contributed by atoms with E-state index in [0.29, 0.717) is 6.61 Å². The first-order chi connectivity index (χ1) is 12.6. The summed E-state index contributed by atoms with van der Waals surface area (Å²) in [6.45, 7) is 3.61. The molecule has 0 spiro atoms. The van der Waals surface area contributed by atoms with Crippen molar-refractivity contribution in [3.8, 4) is 0 Å². The summed E-state index contributed by atoms with van der Waals surface area (Å²) in [5, 5.41) is 3.79. The van der Waals surface area contributed by atoms with Crippen molar-refractivity contribution >= 4 is 44.4 Å². The number of benzene rings is 1. The highest BCUT2D eigenvalue weighted by molar-refractivity contribution is 9.10. The number of nitrogens with zero attached hydrogens (tertiary/aromatic N) is 2. The number of ether oxygens (including phenoxy) is 1. The standard InChI is InChI=1S/C19H22BrN3O3/c1-2-26-18(24)12-22-19(25)13-6-9-23(10-7-13)17-5-8-21-16-11-14(20)3-4-15(16)17/h3-5,8,11,13H,2,6-7,9-10,12H2,1H3,(H,22,25). The Kier molecular flexibility index (Phi) is 6.08. The molecule has 0 bridgehead atoms. The van der Waals surface area contributed by atoms with Gasteiger partial charge < -0.3 is 15.0 Å². The van der Waals surface area contributed by atoms with Gasteiger partial charge in [-0.2, -0.15) is 0 Å². The fourth-order valence-electron chi connectivity index (χ4n) is 3.28. The van der Waals surface area contributed by atoms with Crippen molar-refractivity contribution in [2.45, 2.75) is 19.8 Å². The second-order valence-electron chi connectivity index (χ2n) is 6.28. The molecular formula is C19H22BrN3O3. The Bertz CT molecular complexity index is 804. The quantitative estimate of drug-likeness (QED) is 0.754. The average molecular weight is 420 g/mol. The summed E-state index contributed by atoms with van der Waals surface area (Å²) in [5.41, 5.74) is 2.10. The number of hydrogen-bond donors (Lipinski definition) is 1. The number of pyridine rings is 1. The van der Waals surface area contributed by atoms with Crippen LogP contribution in [-0.4, -0.2) is 43.1 Å². The Hall–Kier alpha value is -2.15. The maximum atomic E-state index is 12.2. The zero-order chi connectivity index (χ0) is 18.5. The highest BCUT2D eigenvalue weighted by Crippen LogP contribution is 2.30. The second kappa shape index (κ2) is 8.49. The first kappa shape index (κ1) is 18.6. The number of carbonyl (C=O) groups excluding carboxylic acids is 2. The van der Waals surface area contributed by atoms with E-state index in [2.05, 4.69) is 37.2 Å². The lowest BCUT2D eigenvalue weighted by Gasteiger charge is -2.33. The first-order valence-corrected chi connectivity index (χ1v) is 9.60. The Morgan fingerprint density at radius 1 is 1.31 bits per heavy atom. The molecule has 1 fully saturated rings. The maximum absolute atomic E-state index is 12.2. The zero-order valence-corrected chi connectivity index (χ0v) is 16.3. The van der Waals surface area contributed by atoms with Crippen LogP contribution >= 0.6 is 15.9 Å². The van der Waals surface area contributed by atoms with Gasteiger partial charge in [-0.3, -0.25) is 14.6 Å². The first-order valence-electron chi connectivity index (χ1n) is 8.81. The third-order valence-electron chi connectivity index (χ3n) is 4.60. The van der Waals surface area contributed by atoms with Crippen molar-refractivity contribution in [3.05, 3.63) is 34.9 Å². The lowest BCUT2D eigenvalue weighted by molar-refractivity contribution is -0.143. The Morgan fingerprint density at radius 3 is 2.81 bits per heavy atom. The summed E-state index contributed by atoms with van der Waals surface area (Å²) in [7, 11) is 0. The molecule has 0 unspecified atom stereocenters. The lowest BCUT2D eigenvalue weighted by Crippen LogP contribution is -2.42. The molecule has 1 aromatic heterocycles. The van der Waals surface area contributed by atoms with Crippen molar-refractivity contribution in [2.75, 3.05) is 31.1 Å². The van der Waals surface area contributed by atoms with Crippen molar-refractivity contribution in [3.63, 3.8) is 0 Å². The monoisotopic (exact) mass is 419 g/mol. The molecule has 1 aromatic carbocycles. The second-order valence-corrected chi connectivity index (χ2v) is 7.19. The van der Waals surface area contributed by atoms with Gasteiger partial charge in [0.05, 0.1) is 12.1 Å². The van der Waals surface area contributed by atoms with Crippen LogP contribution in [0.15, 0.2) is 34.9 Å². The number of amides is 1. The Morgan fingerprint density at radius 2 is 2.08 bits per heavy atom. The molecule has 1 saturated heterocycles. The molecule has 1 aliphatic rings. The number of fused-ring (bicyclic) bond motifs is 1. The largest absolute Gasteiger partial charge is 0.465 e. The average Bonchev–Trinajstić information content (AvgIpc) is 2.66. The topological polar surface area (TPSA) is 71.5 Å². The molecule has 3 rings (SSSR count). The fraction of sp³-hybridized carbons (Fsp3) is 0.421. The van der Waals surface area contributed by atoms with Crippen molar-refractivity contribution < 1.29 is 14.3 Å². The number of carbonyl (C=O) groups is 2. The zero-order valence-electron chi connectivity index (χ0n) is 14.7. The van der Waals surface area contributed by atoms with Gasteiger partial charge in [0.2, 0.25) is 5.91 Å². The van der Waals surface area contributed by atoms with Crippen LogP contribution in [0, 0.1) is 5.92 Å². The molecule has 0 radical (unpaired) electrons. The number of esters is 1. The fourth-order valence-corrected chi connectivity index (χ4v) is 3.63. The number of anilines is 1. The van der Waals surface area contributed by atoms with E-state index < -0.39 is 5.97 Å². The number of rotatable bonds is 5. The van der Waals surface area contributed by atoms with Crippen LogP contribution < -0.4 is 10.2 Å². The SMILES string of the molecule is CCOC(=O)CNC(=O)C1CCN(c2ccnc3cc(Br)ccc23)CC1. The third kappa shape index (κ3) is 4.33. The lowest BCUT2D eigenvalue weighted by atomic mass is 9.95. The van der Waals surface area contributed by atoms with E-state index >= 15 is 0 Å². The Labute approximate surface area is 161 Å². The molecule has 2 heterocycles. The summed E-state index contributed by atoms with van der Waals surface area (Å²) in [6.07, 6.45) is 3.34. The van der Waals surface area contributed by atoms with Gasteiger partial charge in [0.1, 0.15) is 6.54 Å². The molecule has 1 aliphatic heterocycles. The van der Waals surface area contributed by atoms with Gasteiger partial charge in [-0.15, -0.1) is 0 Å².